The maximum absolute atomic E-state index is 12.1. The average Bonchev–Trinajstić information content (AvgIpc) is 3.11. The Morgan fingerprint density at radius 2 is 1.78 bits per heavy atom. The minimum absolute atomic E-state index is 0.354. The summed E-state index contributed by atoms with van der Waals surface area (Å²) in [5.41, 5.74) is 2.07. The van der Waals surface area contributed by atoms with E-state index in [4.69, 9.17) is 16.3 Å². The van der Waals surface area contributed by atoms with Gasteiger partial charge in [0.25, 0.3) is 0 Å². The molecule has 2 aromatic heterocycles. The minimum Gasteiger partial charge on any atom is -0.456 e. The van der Waals surface area contributed by atoms with E-state index in [1.165, 1.54) is 0 Å². The quantitative estimate of drug-likeness (QED) is 0.429. The molecule has 0 unspecified atom stereocenters. The van der Waals surface area contributed by atoms with Crippen LogP contribution in [0.25, 0.3) is 11.0 Å². The number of fused-ring (bicyclic) bond motifs is 1. The lowest BCUT2D eigenvalue weighted by atomic mass is 10.3. The van der Waals surface area contributed by atoms with Gasteiger partial charge in [-0.1, -0.05) is 17.7 Å². The maximum Gasteiger partial charge on any atom is 0.323 e. The number of hydrogen-bond donors (Lipinski definition) is 3. The van der Waals surface area contributed by atoms with Gasteiger partial charge in [-0.05, 0) is 54.6 Å². The molecule has 2 heterocycles. The Morgan fingerprint density at radius 1 is 0.963 bits per heavy atom. The van der Waals surface area contributed by atoms with E-state index in [1.54, 1.807) is 54.7 Å². The standard InChI is InChI=1S/C20H15ClN4O2/c21-14-2-1-3-16(11-14)25-20(26)24-15-4-6-17(7-5-15)27-18-10-13-8-9-22-19(13)23-12-18/h1-12H,(H,22,23)(H2,24,25,26). The highest BCUT2D eigenvalue weighted by Gasteiger charge is 2.05. The van der Waals surface area contributed by atoms with Crippen LogP contribution in [0.3, 0.4) is 0 Å². The highest BCUT2D eigenvalue weighted by Crippen LogP contribution is 2.25. The number of hydrogen-bond acceptors (Lipinski definition) is 3. The number of aromatic nitrogens is 2. The summed E-state index contributed by atoms with van der Waals surface area (Å²) >= 11 is 5.91. The molecule has 2 amide bonds. The smallest absolute Gasteiger partial charge is 0.323 e. The number of ether oxygens (including phenoxy) is 1. The Hall–Kier alpha value is -3.51. The molecule has 0 aliphatic heterocycles. The molecule has 4 rings (SSSR count). The number of carbonyl (C=O) groups is 1. The van der Waals surface area contributed by atoms with Gasteiger partial charge in [-0.15, -0.1) is 0 Å². The van der Waals surface area contributed by atoms with Crippen molar-refractivity contribution in [3.05, 3.63) is 78.1 Å². The third kappa shape index (κ3) is 4.19. The first-order valence-corrected chi connectivity index (χ1v) is 8.58. The van der Waals surface area contributed by atoms with Crippen LogP contribution in [0.5, 0.6) is 11.5 Å². The van der Waals surface area contributed by atoms with Crippen LogP contribution in [0.2, 0.25) is 5.02 Å². The monoisotopic (exact) mass is 378 g/mol. The van der Waals surface area contributed by atoms with Gasteiger partial charge in [0, 0.05) is 28.0 Å². The van der Waals surface area contributed by atoms with Gasteiger partial charge in [0.1, 0.15) is 17.1 Å². The van der Waals surface area contributed by atoms with Crippen molar-refractivity contribution in [2.75, 3.05) is 10.6 Å². The zero-order valence-electron chi connectivity index (χ0n) is 14.1. The number of nitrogens with zero attached hydrogens (tertiary/aromatic N) is 1. The number of benzene rings is 2. The fraction of sp³-hybridized carbons (Fsp3) is 0. The molecule has 0 saturated carbocycles. The number of pyridine rings is 1. The number of urea groups is 1. The van der Waals surface area contributed by atoms with Crippen LogP contribution in [0.4, 0.5) is 16.2 Å². The van der Waals surface area contributed by atoms with E-state index in [-0.39, 0.29) is 6.03 Å². The summed E-state index contributed by atoms with van der Waals surface area (Å²) in [6.45, 7) is 0. The summed E-state index contributed by atoms with van der Waals surface area (Å²) < 4.78 is 5.81. The van der Waals surface area contributed by atoms with Gasteiger partial charge in [-0.25, -0.2) is 9.78 Å². The van der Waals surface area contributed by atoms with Crippen molar-refractivity contribution in [1.82, 2.24) is 9.97 Å². The number of rotatable bonds is 4. The maximum atomic E-state index is 12.1. The van der Waals surface area contributed by atoms with Crippen molar-refractivity contribution in [2.24, 2.45) is 0 Å². The lowest BCUT2D eigenvalue weighted by Crippen LogP contribution is -2.19. The number of aromatic amines is 1. The third-order valence-corrected chi connectivity index (χ3v) is 4.04. The molecular formula is C20H15ClN4O2. The lowest BCUT2D eigenvalue weighted by Gasteiger charge is -2.09. The molecule has 6 nitrogen and oxygen atoms in total. The number of nitrogens with one attached hydrogen (secondary N) is 3. The molecule has 0 fully saturated rings. The predicted molar refractivity (Wildman–Crippen MR) is 107 cm³/mol. The van der Waals surface area contributed by atoms with Crippen LogP contribution in [-0.2, 0) is 0 Å². The molecule has 0 spiro atoms. The van der Waals surface area contributed by atoms with Crippen LogP contribution in [0.1, 0.15) is 0 Å². The zero-order valence-corrected chi connectivity index (χ0v) is 14.8. The van der Waals surface area contributed by atoms with Gasteiger partial charge in [0.15, 0.2) is 0 Å². The molecular weight excluding hydrogens is 364 g/mol. The van der Waals surface area contributed by atoms with Crippen LogP contribution in [0, 0.1) is 0 Å². The first kappa shape index (κ1) is 16.9. The van der Waals surface area contributed by atoms with E-state index in [9.17, 15) is 4.79 Å². The number of amides is 2. The first-order valence-electron chi connectivity index (χ1n) is 8.20. The SMILES string of the molecule is O=C(Nc1ccc(Oc2cnc3[nH]ccc3c2)cc1)Nc1cccc(Cl)c1. The Labute approximate surface area is 160 Å². The molecule has 0 bridgehead atoms. The van der Waals surface area contributed by atoms with Crippen molar-refractivity contribution in [3.63, 3.8) is 0 Å². The normalized spacial score (nSPS) is 10.6. The first-order chi connectivity index (χ1) is 13.2. The Bertz CT molecular complexity index is 1090. The van der Waals surface area contributed by atoms with E-state index in [1.807, 2.05) is 18.3 Å². The summed E-state index contributed by atoms with van der Waals surface area (Å²) in [4.78, 5) is 19.4. The minimum atomic E-state index is -0.354. The van der Waals surface area contributed by atoms with Crippen molar-refractivity contribution in [3.8, 4) is 11.5 Å². The van der Waals surface area contributed by atoms with Gasteiger partial charge < -0.3 is 20.4 Å². The van der Waals surface area contributed by atoms with E-state index in [0.717, 1.165) is 11.0 Å². The van der Waals surface area contributed by atoms with Gasteiger partial charge in [0.2, 0.25) is 0 Å². The molecule has 7 heteroatoms. The van der Waals surface area contributed by atoms with Gasteiger partial charge >= 0.3 is 6.03 Å². The third-order valence-electron chi connectivity index (χ3n) is 3.81. The van der Waals surface area contributed by atoms with Crippen LogP contribution in [-0.4, -0.2) is 16.0 Å². The van der Waals surface area contributed by atoms with Crippen molar-refractivity contribution in [1.29, 1.82) is 0 Å². The lowest BCUT2D eigenvalue weighted by molar-refractivity contribution is 0.262. The van der Waals surface area contributed by atoms with Crippen LogP contribution >= 0.6 is 11.6 Å². The molecule has 27 heavy (non-hydrogen) atoms. The van der Waals surface area contributed by atoms with Gasteiger partial charge in [-0.2, -0.15) is 0 Å². The summed E-state index contributed by atoms with van der Waals surface area (Å²) in [6, 6.07) is 17.5. The summed E-state index contributed by atoms with van der Waals surface area (Å²) in [7, 11) is 0. The second-order valence-corrected chi connectivity index (χ2v) is 6.24. The molecule has 2 aromatic carbocycles. The van der Waals surface area contributed by atoms with Crippen molar-refractivity contribution >= 4 is 40.0 Å². The highest BCUT2D eigenvalue weighted by atomic mass is 35.5. The van der Waals surface area contributed by atoms with E-state index < -0.39 is 0 Å². The fourth-order valence-electron chi connectivity index (χ4n) is 2.58. The summed E-state index contributed by atoms with van der Waals surface area (Å²) in [5, 5.41) is 7.01. The summed E-state index contributed by atoms with van der Waals surface area (Å²) in [6.07, 6.45) is 3.49. The Balaban J connectivity index is 1.38. The second kappa shape index (κ2) is 7.39. The van der Waals surface area contributed by atoms with Crippen molar-refractivity contribution in [2.45, 2.75) is 0 Å². The molecule has 0 aliphatic carbocycles. The van der Waals surface area contributed by atoms with Crippen LogP contribution < -0.4 is 15.4 Å². The van der Waals surface area contributed by atoms with E-state index in [2.05, 4.69) is 20.6 Å². The fourth-order valence-corrected chi connectivity index (χ4v) is 2.77. The molecule has 4 aromatic rings. The van der Waals surface area contributed by atoms with Gasteiger partial charge in [0.05, 0.1) is 6.20 Å². The molecule has 0 aliphatic rings. The largest absolute Gasteiger partial charge is 0.456 e. The van der Waals surface area contributed by atoms with Crippen molar-refractivity contribution < 1.29 is 9.53 Å². The average molecular weight is 379 g/mol. The van der Waals surface area contributed by atoms with Gasteiger partial charge in [-0.3, -0.25) is 0 Å². The number of anilines is 2. The Morgan fingerprint density at radius 3 is 2.59 bits per heavy atom. The molecule has 0 saturated heterocycles. The zero-order chi connectivity index (χ0) is 18.6. The highest BCUT2D eigenvalue weighted by molar-refractivity contribution is 6.30. The molecule has 134 valence electrons. The predicted octanol–water partition coefficient (Wildman–Crippen LogP) is 5.65. The molecule has 0 radical (unpaired) electrons. The number of carbonyl (C=O) groups excluding carboxylic acids is 1. The summed E-state index contributed by atoms with van der Waals surface area (Å²) in [5.74, 6) is 1.29. The molecule has 0 atom stereocenters. The topological polar surface area (TPSA) is 79.0 Å². The second-order valence-electron chi connectivity index (χ2n) is 5.80. The number of halogens is 1. The van der Waals surface area contributed by atoms with E-state index >= 15 is 0 Å². The van der Waals surface area contributed by atoms with E-state index in [0.29, 0.717) is 27.9 Å². The molecule has 3 N–H and O–H groups in total. The van der Waals surface area contributed by atoms with Crippen LogP contribution in [0.15, 0.2) is 73.1 Å². The number of H-pyrrole nitrogens is 1. The Kier molecular flexibility index (Phi) is 4.63.